The molecule has 3 rings (SSSR count). The first-order valence-electron chi connectivity index (χ1n) is 7.76. The lowest BCUT2D eigenvalue weighted by Gasteiger charge is -2.30. The zero-order chi connectivity index (χ0) is 14.8. The largest absolute Gasteiger partial charge is 0.490 e. The topological polar surface area (TPSA) is 64.4 Å². The van der Waals surface area contributed by atoms with Crippen LogP contribution in [0.5, 0.6) is 5.75 Å². The predicted octanol–water partition coefficient (Wildman–Crippen LogP) is 3.98. The van der Waals surface area contributed by atoms with E-state index in [-0.39, 0.29) is 5.69 Å². The predicted molar refractivity (Wildman–Crippen MR) is 81.7 cm³/mol. The molecule has 0 heterocycles. The Balaban J connectivity index is 1.69. The van der Waals surface area contributed by atoms with Crippen molar-refractivity contribution in [1.82, 2.24) is 0 Å². The summed E-state index contributed by atoms with van der Waals surface area (Å²) in [7, 11) is 1.46. The molecule has 114 valence electrons. The maximum Gasteiger partial charge on any atom is 0.312 e. The average molecular weight is 290 g/mol. The van der Waals surface area contributed by atoms with Crippen molar-refractivity contribution in [3.63, 3.8) is 0 Å². The Morgan fingerprint density at radius 1 is 1.24 bits per heavy atom. The van der Waals surface area contributed by atoms with Gasteiger partial charge in [0.25, 0.3) is 0 Å². The number of hydrogen-bond donors (Lipinski definition) is 1. The van der Waals surface area contributed by atoms with Crippen LogP contribution in [0.15, 0.2) is 18.2 Å². The van der Waals surface area contributed by atoms with Crippen LogP contribution in [0.4, 0.5) is 11.4 Å². The van der Waals surface area contributed by atoms with Gasteiger partial charge in [-0.25, -0.2) is 0 Å². The summed E-state index contributed by atoms with van der Waals surface area (Å²) < 4.78 is 5.04. The van der Waals surface area contributed by atoms with E-state index in [1.807, 2.05) is 6.07 Å². The van der Waals surface area contributed by atoms with Gasteiger partial charge in [0.2, 0.25) is 0 Å². The summed E-state index contributed by atoms with van der Waals surface area (Å²) in [6.45, 7) is 0. The van der Waals surface area contributed by atoms with Crippen molar-refractivity contribution in [2.75, 3.05) is 12.4 Å². The second-order valence-corrected chi connectivity index (χ2v) is 6.25. The van der Waals surface area contributed by atoms with Gasteiger partial charge in [-0.1, -0.05) is 12.8 Å². The molecule has 21 heavy (non-hydrogen) atoms. The highest BCUT2D eigenvalue weighted by Crippen LogP contribution is 2.44. The van der Waals surface area contributed by atoms with Gasteiger partial charge in [0.15, 0.2) is 5.75 Å². The molecule has 0 radical (unpaired) electrons. The Morgan fingerprint density at radius 2 is 2.05 bits per heavy atom. The normalized spacial score (nSPS) is 25.4. The highest BCUT2D eigenvalue weighted by Gasteiger charge is 2.34. The molecule has 0 bridgehead atoms. The molecule has 0 saturated heterocycles. The van der Waals surface area contributed by atoms with Crippen LogP contribution in [-0.2, 0) is 0 Å². The number of ether oxygens (including phenoxy) is 1. The molecule has 1 aromatic rings. The van der Waals surface area contributed by atoms with Crippen LogP contribution in [0, 0.1) is 22.0 Å². The summed E-state index contributed by atoms with van der Waals surface area (Å²) in [6.07, 6.45) is 7.76. The summed E-state index contributed by atoms with van der Waals surface area (Å²) in [5.41, 5.74) is 0.848. The van der Waals surface area contributed by atoms with E-state index in [4.69, 9.17) is 4.74 Å². The Labute approximate surface area is 124 Å². The number of nitrogens with zero attached hydrogens (tertiary/aromatic N) is 1. The average Bonchev–Trinajstić information content (AvgIpc) is 3.32. The maximum atomic E-state index is 11.1. The van der Waals surface area contributed by atoms with Crippen molar-refractivity contribution in [2.24, 2.45) is 11.8 Å². The molecule has 5 nitrogen and oxygen atoms in total. The highest BCUT2D eigenvalue weighted by atomic mass is 16.6. The lowest BCUT2D eigenvalue weighted by Crippen LogP contribution is -2.28. The number of hydrogen-bond acceptors (Lipinski definition) is 4. The number of methoxy groups -OCH3 is 1. The zero-order valence-corrected chi connectivity index (χ0v) is 12.4. The van der Waals surface area contributed by atoms with Gasteiger partial charge in [-0.15, -0.1) is 0 Å². The van der Waals surface area contributed by atoms with Gasteiger partial charge in [-0.05, 0) is 49.7 Å². The molecule has 5 heteroatoms. The van der Waals surface area contributed by atoms with E-state index in [1.54, 1.807) is 12.1 Å². The van der Waals surface area contributed by atoms with E-state index >= 15 is 0 Å². The molecular weight excluding hydrogens is 268 g/mol. The molecule has 0 aromatic heterocycles. The molecule has 2 fully saturated rings. The van der Waals surface area contributed by atoms with Crippen LogP contribution in [0.1, 0.15) is 38.5 Å². The Kier molecular flexibility index (Phi) is 3.99. The van der Waals surface area contributed by atoms with Crippen LogP contribution in [-0.4, -0.2) is 18.1 Å². The Bertz CT molecular complexity index is 528. The first kappa shape index (κ1) is 14.2. The number of nitro benzene ring substituents is 1. The molecule has 2 aliphatic rings. The van der Waals surface area contributed by atoms with E-state index in [2.05, 4.69) is 5.32 Å². The summed E-state index contributed by atoms with van der Waals surface area (Å²) in [6, 6.07) is 5.56. The summed E-state index contributed by atoms with van der Waals surface area (Å²) in [5.74, 6) is 2.11. The molecule has 0 spiro atoms. The van der Waals surface area contributed by atoms with E-state index in [0.717, 1.165) is 23.9 Å². The Hall–Kier alpha value is -1.78. The number of nitrogens with one attached hydrogen (secondary N) is 1. The Morgan fingerprint density at radius 3 is 2.71 bits per heavy atom. The summed E-state index contributed by atoms with van der Waals surface area (Å²) in [4.78, 5) is 10.7. The minimum absolute atomic E-state index is 0.0250. The minimum atomic E-state index is -0.391. The number of nitro groups is 1. The monoisotopic (exact) mass is 290 g/mol. The quantitative estimate of drug-likeness (QED) is 0.658. The van der Waals surface area contributed by atoms with E-state index < -0.39 is 4.92 Å². The molecular formula is C16H22N2O3. The molecule has 2 atom stereocenters. The van der Waals surface area contributed by atoms with Gasteiger partial charge in [0.1, 0.15) is 0 Å². The smallest absolute Gasteiger partial charge is 0.312 e. The van der Waals surface area contributed by atoms with Gasteiger partial charge >= 0.3 is 5.69 Å². The van der Waals surface area contributed by atoms with Crippen LogP contribution in [0.25, 0.3) is 0 Å². The molecule has 1 N–H and O–H groups in total. The second kappa shape index (κ2) is 5.92. The van der Waals surface area contributed by atoms with Gasteiger partial charge in [0.05, 0.1) is 12.0 Å². The SMILES string of the molecule is COc1ccc(NC2CCCC(C3CC3)C2)cc1[N+](=O)[O-]. The van der Waals surface area contributed by atoms with Crippen LogP contribution >= 0.6 is 0 Å². The maximum absolute atomic E-state index is 11.1. The zero-order valence-electron chi connectivity index (χ0n) is 12.4. The summed E-state index contributed by atoms with van der Waals surface area (Å²) >= 11 is 0. The minimum Gasteiger partial charge on any atom is -0.490 e. The second-order valence-electron chi connectivity index (χ2n) is 6.25. The fourth-order valence-corrected chi connectivity index (χ4v) is 3.51. The van der Waals surface area contributed by atoms with Crippen molar-refractivity contribution < 1.29 is 9.66 Å². The fourth-order valence-electron chi connectivity index (χ4n) is 3.51. The third kappa shape index (κ3) is 3.28. The van der Waals surface area contributed by atoms with Gasteiger partial charge < -0.3 is 10.1 Å². The third-order valence-electron chi connectivity index (χ3n) is 4.75. The first-order valence-corrected chi connectivity index (χ1v) is 7.76. The van der Waals surface area contributed by atoms with Gasteiger partial charge in [-0.2, -0.15) is 0 Å². The highest BCUT2D eigenvalue weighted by molar-refractivity contribution is 5.58. The molecule has 2 unspecified atom stereocenters. The first-order chi connectivity index (χ1) is 10.2. The molecule has 2 aliphatic carbocycles. The van der Waals surface area contributed by atoms with Crippen LogP contribution < -0.4 is 10.1 Å². The molecule has 0 amide bonds. The number of rotatable bonds is 5. The van der Waals surface area contributed by atoms with E-state index in [9.17, 15) is 10.1 Å². The third-order valence-corrected chi connectivity index (χ3v) is 4.75. The number of anilines is 1. The van der Waals surface area contributed by atoms with Gasteiger partial charge in [0, 0.05) is 17.8 Å². The lowest BCUT2D eigenvalue weighted by atomic mass is 9.82. The lowest BCUT2D eigenvalue weighted by molar-refractivity contribution is -0.385. The van der Waals surface area contributed by atoms with Crippen molar-refractivity contribution in [1.29, 1.82) is 0 Å². The van der Waals surface area contributed by atoms with Crippen LogP contribution in [0.2, 0.25) is 0 Å². The van der Waals surface area contributed by atoms with Gasteiger partial charge in [-0.3, -0.25) is 10.1 Å². The fraction of sp³-hybridized carbons (Fsp3) is 0.625. The van der Waals surface area contributed by atoms with Crippen molar-refractivity contribution in [3.8, 4) is 5.75 Å². The summed E-state index contributed by atoms with van der Waals surface area (Å²) in [5, 5.41) is 14.6. The van der Waals surface area contributed by atoms with E-state index in [0.29, 0.717) is 11.8 Å². The molecule has 2 saturated carbocycles. The number of benzene rings is 1. The molecule has 1 aromatic carbocycles. The van der Waals surface area contributed by atoms with E-state index in [1.165, 1.54) is 39.2 Å². The van der Waals surface area contributed by atoms with Crippen molar-refractivity contribution in [3.05, 3.63) is 28.3 Å². The van der Waals surface area contributed by atoms with Crippen LogP contribution in [0.3, 0.4) is 0 Å². The van der Waals surface area contributed by atoms with Crippen molar-refractivity contribution >= 4 is 11.4 Å². The van der Waals surface area contributed by atoms with Crippen molar-refractivity contribution in [2.45, 2.75) is 44.6 Å². The molecule has 0 aliphatic heterocycles. The standard InChI is InChI=1S/C16H22N2O3/c1-21-16-8-7-14(10-15(16)18(19)20)17-13-4-2-3-12(9-13)11-5-6-11/h7-8,10-13,17H,2-6,9H2,1H3.